The molecule has 5 rings (SSSR count). The summed E-state index contributed by atoms with van der Waals surface area (Å²) in [7, 11) is -2.93. The Hall–Kier alpha value is -4.48. The van der Waals surface area contributed by atoms with E-state index in [0.717, 1.165) is 21.0 Å². The van der Waals surface area contributed by atoms with Crippen LogP contribution in [0.1, 0.15) is 18.9 Å². The second-order valence-corrected chi connectivity index (χ2v) is 11.1. The predicted molar refractivity (Wildman–Crippen MR) is 148 cm³/mol. The number of nitriles is 1. The molecule has 10 nitrogen and oxygen atoms in total. The van der Waals surface area contributed by atoms with Crippen molar-refractivity contribution in [2.24, 2.45) is 7.05 Å². The van der Waals surface area contributed by atoms with Gasteiger partial charge in [-0.1, -0.05) is 6.07 Å². The Morgan fingerprint density at radius 2 is 2.00 bits per heavy atom. The summed E-state index contributed by atoms with van der Waals surface area (Å²) in [4.78, 5) is 24.0. The molecular formula is C27H24F3N7O3S. The summed E-state index contributed by atoms with van der Waals surface area (Å²) in [5, 5.41) is 9.54. The van der Waals surface area contributed by atoms with Crippen molar-refractivity contribution in [2.45, 2.75) is 19.5 Å². The van der Waals surface area contributed by atoms with Crippen molar-refractivity contribution in [1.29, 1.82) is 5.26 Å². The number of nitrogens with one attached hydrogen (secondary N) is 1. The molecule has 1 atom stereocenters. The standard InChI is InChI=1S/C27H24F3N7O3S/c1-3-37(19-6-4-5-16(11-19)13-31)27-32-14-17-12-20(26(38)35(2)25(17)33-27)23-21(29)7-8-22(24(23)30)34-41(39,40)36-10-9-18(28)15-36/h4-8,11-12,14,18,34H,3,9-10,15H2,1-2H3/t18-/m1/s1. The first-order valence-corrected chi connectivity index (χ1v) is 14.0. The van der Waals surface area contributed by atoms with Gasteiger partial charge in [0, 0.05) is 44.0 Å². The van der Waals surface area contributed by atoms with Crippen LogP contribution in [-0.2, 0) is 17.3 Å². The van der Waals surface area contributed by atoms with Gasteiger partial charge in [0.05, 0.1) is 28.4 Å². The van der Waals surface area contributed by atoms with Crippen molar-refractivity contribution in [2.75, 3.05) is 29.3 Å². The van der Waals surface area contributed by atoms with Crippen molar-refractivity contribution in [3.63, 3.8) is 0 Å². The zero-order valence-electron chi connectivity index (χ0n) is 22.0. The Kier molecular flexibility index (Phi) is 7.41. The highest BCUT2D eigenvalue weighted by Crippen LogP contribution is 2.32. The van der Waals surface area contributed by atoms with Gasteiger partial charge in [-0.2, -0.15) is 23.0 Å². The van der Waals surface area contributed by atoms with Crippen molar-refractivity contribution in [3.05, 3.63) is 76.2 Å². The number of rotatable bonds is 7. The van der Waals surface area contributed by atoms with Crippen LogP contribution in [0, 0.1) is 23.0 Å². The normalized spacial score (nSPS) is 15.7. The van der Waals surface area contributed by atoms with Gasteiger partial charge in [-0.3, -0.25) is 14.1 Å². The molecule has 0 radical (unpaired) electrons. The molecular weight excluding hydrogens is 559 g/mol. The van der Waals surface area contributed by atoms with Crippen molar-refractivity contribution in [3.8, 4) is 17.2 Å². The molecule has 1 aliphatic rings. The number of aromatic nitrogens is 3. The SMILES string of the molecule is CCN(c1cccc(C#N)c1)c1ncc2cc(-c3c(F)ccc(NS(=O)(=O)N4CC[C@@H](F)C4)c3F)c(=O)n(C)c2n1. The van der Waals surface area contributed by atoms with Crippen LogP contribution in [0.4, 0.5) is 30.5 Å². The fourth-order valence-electron chi connectivity index (χ4n) is 4.72. The van der Waals surface area contributed by atoms with Crippen molar-refractivity contribution < 1.29 is 21.6 Å². The molecule has 0 bridgehead atoms. The van der Waals surface area contributed by atoms with E-state index in [0.29, 0.717) is 23.2 Å². The zero-order chi connectivity index (χ0) is 29.5. The first kappa shape index (κ1) is 28.1. The number of benzene rings is 2. The van der Waals surface area contributed by atoms with E-state index in [1.165, 1.54) is 19.3 Å². The summed E-state index contributed by atoms with van der Waals surface area (Å²) in [5.41, 5.74) is -1.18. The third-order valence-corrected chi connectivity index (χ3v) is 8.30. The first-order valence-electron chi connectivity index (χ1n) is 12.6. The van der Waals surface area contributed by atoms with E-state index in [-0.39, 0.29) is 36.7 Å². The maximum atomic E-state index is 15.6. The number of hydrogen-bond acceptors (Lipinski definition) is 7. The molecule has 4 aromatic rings. The molecule has 0 aliphatic carbocycles. The van der Waals surface area contributed by atoms with Crippen LogP contribution in [0.3, 0.4) is 0 Å². The third kappa shape index (κ3) is 5.21. The minimum atomic E-state index is -4.32. The monoisotopic (exact) mass is 583 g/mol. The lowest BCUT2D eigenvalue weighted by Gasteiger charge is -2.21. The number of alkyl halides is 1. The highest BCUT2D eigenvalue weighted by molar-refractivity contribution is 7.90. The van der Waals surface area contributed by atoms with Gasteiger partial charge in [0.15, 0.2) is 5.82 Å². The zero-order valence-corrected chi connectivity index (χ0v) is 22.8. The molecule has 0 unspecified atom stereocenters. The number of fused-ring (bicyclic) bond motifs is 1. The molecule has 0 amide bonds. The lowest BCUT2D eigenvalue weighted by molar-refractivity contribution is 0.343. The molecule has 212 valence electrons. The van der Waals surface area contributed by atoms with E-state index >= 15 is 4.39 Å². The highest BCUT2D eigenvalue weighted by atomic mass is 32.2. The maximum Gasteiger partial charge on any atom is 0.301 e. The summed E-state index contributed by atoms with van der Waals surface area (Å²) in [5.74, 6) is -2.14. The summed E-state index contributed by atoms with van der Waals surface area (Å²) in [6, 6.07) is 11.9. The van der Waals surface area contributed by atoms with Crippen LogP contribution in [0.5, 0.6) is 0 Å². The number of anilines is 3. The Labute approximate surface area is 233 Å². The molecule has 1 aliphatic heterocycles. The van der Waals surface area contributed by atoms with Gasteiger partial charge in [-0.05, 0) is 49.7 Å². The van der Waals surface area contributed by atoms with E-state index in [2.05, 4.69) is 16.0 Å². The summed E-state index contributed by atoms with van der Waals surface area (Å²) < 4.78 is 73.5. The Morgan fingerprint density at radius 3 is 2.68 bits per heavy atom. The Balaban J connectivity index is 1.57. The van der Waals surface area contributed by atoms with E-state index in [1.54, 1.807) is 29.2 Å². The number of pyridine rings is 1. The van der Waals surface area contributed by atoms with Gasteiger partial charge < -0.3 is 4.90 Å². The molecule has 2 aromatic heterocycles. The topological polar surface area (TPSA) is 124 Å². The number of aryl methyl sites for hydroxylation is 1. The molecule has 0 saturated carbocycles. The smallest absolute Gasteiger partial charge is 0.301 e. The van der Waals surface area contributed by atoms with Crippen molar-refractivity contribution in [1.82, 2.24) is 18.8 Å². The minimum absolute atomic E-state index is 0.0112. The van der Waals surface area contributed by atoms with Gasteiger partial charge >= 0.3 is 10.2 Å². The third-order valence-electron chi connectivity index (χ3n) is 6.81. The van der Waals surface area contributed by atoms with Crippen LogP contribution in [0.15, 0.2) is 53.5 Å². The lowest BCUT2D eigenvalue weighted by atomic mass is 10.0. The molecule has 14 heteroatoms. The molecule has 1 saturated heterocycles. The van der Waals surface area contributed by atoms with Gasteiger partial charge in [0.2, 0.25) is 5.95 Å². The van der Waals surface area contributed by atoms with Crippen LogP contribution in [0.2, 0.25) is 0 Å². The van der Waals surface area contributed by atoms with Crippen molar-refractivity contribution >= 4 is 38.6 Å². The molecule has 1 N–H and O–H groups in total. The fourth-order valence-corrected chi connectivity index (χ4v) is 5.99. The maximum absolute atomic E-state index is 15.6. The number of nitrogens with zero attached hydrogens (tertiary/aromatic N) is 6. The van der Waals surface area contributed by atoms with E-state index in [4.69, 9.17) is 0 Å². The van der Waals surface area contributed by atoms with Gasteiger partial charge in [-0.15, -0.1) is 0 Å². The van der Waals surface area contributed by atoms with E-state index < -0.39 is 44.8 Å². The molecule has 1 fully saturated rings. The molecule has 0 spiro atoms. The fraction of sp³-hybridized carbons (Fsp3) is 0.259. The van der Waals surface area contributed by atoms with Crippen LogP contribution in [0.25, 0.3) is 22.2 Å². The van der Waals surface area contributed by atoms with Gasteiger partial charge in [-0.25, -0.2) is 18.2 Å². The quantitative estimate of drug-likeness (QED) is 0.349. The molecule has 3 heterocycles. The first-order chi connectivity index (χ1) is 19.5. The molecule has 41 heavy (non-hydrogen) atoms. The van der Waals surface area contributed by atoms with Gasteiger partial charge in [0.1, 0.15) is 17.6 Å². The van der Waals surface area contributed by atoms with Crippen LogP contribution in [-0.4, -0.2) is 53.1 Å². The van der Waals surface area contributed by atoms with E-state index in [9.17, 15) is 27.3 Å². The van der Waals surface area contributed by atoms with Crippen LogP contribution < -0.4 is 15.2 Å². The number of hydrogen-bond donors (Lipinski definition) is 1. The Bertz CT molecular complexity index is 1870. The molecule has 2 aromatic carbocycles. The summed E-state index contributed by atoms with van der Waals surface area (Å²) in [6.45, 7) is 1.84. The Morgan fingerprint density at radius 1 is 1.22 bits per heavy atom. The second kappa shape index (κ2) is 10.8. The lowest BCUT2D eigenvalue weighted by Crippen LogP contribution is -2.34. The largest absolute Gasteiger partial charge is 0.311 e. The predicted octanol–water partition coefficient (Wildman–Crippen LogP) is 4.00. The average Bonchev–Trinajstić information content (AvgIpc) is 3.41. The van der Waals surface area contributed by atoms with E-state index in [1.807, 2.05) is 11.6 Å². The second-order valence-electron chi connectivity index (χ2n) is 9.41. The van der Waals surface area contributed by atoms with Gasteiger partial charge in [0.25, 0.3) is 5.56 Å². The average molecular weight is 584 g/mol. The van der Waals surface area contributed by atoms with Crippen LogP contribution >= 0.6 is 0 Å². The highest BCUT2D eigenvalue weighted by Gasteiger charge is 2.32. The number of halogens is 3. The summed E-state index contributed by atoms with van der Waals surface area (Å²) >= 11 is 0. The summed E-state index contributed by atoms with van der Waals surface area (Å²) in [6.07, 6.45) is 0.0771. The minimum Gasteiger partial charge on any atom is -0.311 e.